The second-order valence-corrected chi connectivity index (χ2v) is 6.99. The molecule has 5 nitrogen and oxygen atoms in total. The van der Waals surface area contributed by atoms with E-state index in [9.17, 15) is 8.42 Å². The van der Waals surface area contributed by atoms with Crippen LogP contribution >= 0.6 is 0 Å². The number of nitrogens with zero attached hydrogens (tertiary/aromatic N) is 1. The molecule has 0 saturated heterocycles. The number of rotatable bonds is 4. The van der Waals surface area contributed by atoms with E-state index in [-0.39, 0.29) is 0 Å². The molecule has 6 heteroatoms. The van der Waals surface area contributed by atoms with E-state index >= 15 is 0 Å². The van der Waals surface area contributed by atoms with Crippen LogP contribution in [0.4, 0.5) is 0 Å². The van der Waals surface area contributed by atoms with Gasteiger partial charge in [0.1, 0.15) is 4.90 Å². The van der Waals surface area contributed by atoms with Gasteiger partial charge >= 0.3 is 0 Å². The minimum absolute atomic E-state index is 0.299. The second kappa shape index (κ2) is 5.01. The molecule has 18 heavy (non-hydrogen) atoms. The smallest absolute Gasteiger partial charge is 0.244 e. The van der Waals surface area contributed by atoms with Gasteiger partial charge in [0.2, 0.25) is 10.0 Å². The summed E-state index contributed by atoms with van der Waals surface area (Å²) in [5.74, 6) is 1.08. The van der Waals surface area contributed by atoms with Crippen LogP contribution in [0.2, 0.25) is 0 Å². The number of aromatic amines is 1. The first-order valence-electron chi connectivity index (χ1n) is 6.43. The maximum Gasteiger partial charge on any atom is 0.244 e. The highest BCUT2D eigenvalue weighted by atomic mass is 32.2. The third-order valence-corrected chi connectivity index (χ3v) is 5.59. The molecule has 1 aliphatic rings. The van der Waals surface area contributed by atoms with Crippen molar-refractivity contribution in [3.63, 3.8) is 0 Å². The van der Waals surface area contributed by atoms with Crippen LogP contribution in [0, 0.1) is 25.7 Å². The molecule has 1 aromatic rings. The van der Waals surface area contributed by atoms with Crippen LogP contribution < -0.4 is 4.72 Å². The van der Waals surface area contributed by atoms with Gasteiger partial charge in [-0.1, -0.05) is 19.8 Å². The molecule has 0 radical (unpaired) electrons. The van der Waals surface area contributed by atoms with Crippen molar-refractivity contribution < 1.29 is 8.42 Å². The van der Waals surface area contributed by atoms with E-state index < -0.39 is 10.0 Å². The summed E-state index contributed by atoms with van der Waals surface area (Å²) >= 11 is 0. The minimum Gasteiger partial charge on any atom is -0.281 e. The largest absolute Gasteiger partial charge is 0.281 e. The van der Waals surface area contributed by atoms with E-state index in [1.54, 1.807) is 13.8 Å². The SMILES string of the molecule is Cc1n[nH]c(C)c1S(=O)(=O)NCC1CCCC1C. The van der Waals surface area contributed by atoms with Crippen LogP contribution in [0.15, 0.2) is 4.90 Å². The Morgan fingerprint density at radius 2 is 2.11 bits per heavy atom. The van der Waals surface area contributed by atoms with Crippen molar-refractivity contribution in [2.45, 2.75) is 44.9 Å². The van der Waals surface area contributed by atoms with Gasteiger partial charge in [-0.2, -0.15) is 5.10 Å². The normalized spacial score (nSPS) is 24.6. The molecule has 1 fully saturated rings. The number of nitrogens with one attached hydrogen (secondary N) is 2. The van der Waals surface area contributed by atoms with Crippen molar-refractivity contribution in [2.24, 2.45) is 11.8 Å². The molecule has 102 valence electrons. The zero-order valence-corrected chi connectivity index (χ0v) is 12.0. The number of aryl methyl sites for hydroxylation is 2. The lowest BCUT2D eigenvalue weighted by molar-refractivity contribution is 0.414. The Morgan fingerprint density at radius 1 is 1.39 bits per heavy atom. The van der Waals surface area contributed by atoms with E-state index in [1.165, 1.54) is 12.8 Å². The van der Waals surface area contributed by atoms with Gasteiger partial charge in [0.25, 0.3) is 0 Å². The molecule has 2 rings (SSSR count). The first-order valence-corrected chi connectivity index (χ1v) is 7.91. The van der Waals surface area contributed by atoms with E-state index in [2.05, 4.69) is 21.8 Å². The Morgan fingerprint density at radius 3 is 2.61 bits per heavy atom. The second-order valence-electron chi connectivity index (χ2n) is 5.28. The predicted octanol–water partition coefficient (Wildman–Crippen LogP) is 1.74. The summed E-state index contributed by atoms with van der Waals surface area (Å²) in [7, 11) is -3.43. The van der Waals surface area contributed by atoms with Gasteiger partial charge in [0, 0.05) is 6.54 Å². The zero-order valence-electron chi connectivity index (χ0n) is 11.2. The molecule has 2 N–H and O–H groups in total. The van der Waals surface area contributed by atoms with Gasteiger partial charge in [-0.15, -0.1) is 0 Å². The standard InChI is InChI=1S/C12H21N3O2S/c1-8-5-4-6-11(8)7-13-18(16,17)12-9(2)14-15-10(12)3/h8,11,13H,4-7H2,1-3H3,(H,14,15). The molecule has 2 atom stereocenters. The van der Waals surface area contributed by atoms with Crippen LogP contribution in [0.25, 0.3) is 0 Å². The predicted molar refractivity (Wildman–Crippen MR) is 69.8 cm³/mol. The van der Waals surface area contributed by atoms with Crippen molar-refractivity contribution in [1.29, 1.82) is 0 Å². The highest BCUT2D eigenvalue weighted by Crippen LogP contribution is 2.30. The summed E-state index contributed by atoms with van der Waals surface area (Å²) in [5, 5.41) is 6.64. The van der Waals surface area contributed by atoms with Crippen molar-refractivity contribution in [3.05, 3.63) is 11.4 Å². The Bertz CT molecular complexity index is 502. The quantitative estimate of drug-likeness (QED) is 0.876. The fraction of sp³-hybridized carbons (Fsp3) is 0.750. The summed E-state index contributed by atoms with van der Waals surface area (Å²) in [6, 6.07) is 0. The van der Waals surface area contributed by atoms with Crippen molar-refractivity contribution in [1.82, 2.24) is 14.9 Å². The number of aromatic nitrogens is 2. The van der Waals surface area contributed by atoms with Gasteiger partial charge < -0.3 is 0 Å². The van der Waals surface area contributed by atoms with Gasteiger partial charge in [-0.05, 0) is 32.1 Å². The van der Waals surface area contributed by atoms with Crippen LogP contribution in [-0.4, -0.2) is 25.2 Å². The van der Waals surface area contributed by atoms with Gasteiger partial charge in [-0.3, -0.25) is 5.10 Å². The molecule has 2 unspecified atom stereocenters. The topological polar surface area (TPSA) is 74.8 Å². The first-order chi connectivity index (χ1) is 8.42. The van der Waals surface area contributed by atoms with Crippen molar-refractivity contribution in [2.75, 3.05) is 6.54 Å². The number of hydrogen-bond acceptors (Lipinski definition) is 3. The molecule has 1 aliphatic carbocycles. The van der Waals surface area contributed by atoms with E-state index in [4.69, 9.17) is 0 Å². The van der Waals surface area contributed by atoms with Gasteiger partial charge in [-0.25, -0.2) is 13.1 Å². The van der Waals surface area contributed by atoms with E-state index in [1.807, 2.05) is 0 Å². The highest BCUT2D eigenvalue weighted by molar-refractivity contribution is 7.89. The van der Waals surface area contributed by atoms with E-state index in [0.29, 0.717) is 34.7 Å². The summed E-state index contributed by atoms with van der Waals surface area (Å²) in [6.07, 6.45) is 3.53. The lowest BCUT2D eigenvalue weighted by atomic mass is 9.99. The van der Waals surface area contributed by atoms with Crippen LogP contribution in [0.3, 0.4) is 0 Å². The van der Waals surface area contributed by atoms with E-state index in [0.717, 1.165) is 6.42 Å². The molecule has 1 heterocycles. The fourth-order valence-corrected chi connectivity index (χ4v) is 4.21. The molecule has 0 spiro atoms. The minimum atomic E-state index is -3.43. The maximum absolute atomic E-state index is 12.2. The third-order valence-electron chi connectivity index (χ3n) is 3.90. The Labute approximate surface area is 108 Å². The van der Waals surface area contributed by atoms with Crippen LogP contribution in [-0.2, 0) is 10.0 Å². The molecule has 0 amide bonds. The molecule has 1 saturated carbocycles. The van der Waals surface area contributed by atoms with Crippen LogP contribution in [0.1, 0.15) is 37.6 Å². The zero-order chi connectivity index (χ0) is 13.3. The highest BCUT2D eigenvalue weighted by Gasteiger charge is 2.27. The average molecular weight is 271 g/mol. The summed E-state index contributed by atoms with van der Waals surface area (Å²) in [6.45, 7) is 6.16. The maximum atomic E-state index is 12.2. The lowest BCUT2D eigenvalue weighted by Gasteiger charge is -2.16. The van der Waals surface area contributed by atoms with Gasteiger partial charge in [0.15, 0.2) is 0 Å². The molecule has 1 aromatic heterocycles. The molecule has 0 aliphatic heterocycles. The molecular formula is C12H21N3O2S. The number of hydrogen-bond donors (Lipinski definition) is 2. The fourth-order valence-electron chi connectivity index (χ4n) is 2.75. The van der Waals surface area contributed by atoms with Crippen molar-refractivity contribution >= 4 is 10.0 Å². The summed E-state index contributed by atoms with van der Waals surface area (Å²) in [5.41, 5.74) is 1.12. The molecule has 0 aromatic carbocycles. The van der Waals surface area contributed by atoms with Gasteiger partial charge in [0.05, 0.1) is 11.4 Å². The van der Waals surface area contributed by atoms with Crippen molar-refractivity contribution in [3.8, 4) is 0 Å². The first kappa shape index (κ1) is 13.5. The monoisotopic (exact) mass is 271 g/mol. The Balaban J connectivity index is 2.08. The lowest BCUT2D eigenvalue weighted by Crippen LogP contribution is -2.31. The average Bonchev–Trinajstić information content (AvgIpc) is 2.83. The molecule has 0 bridgehead atoms. The number of H-pyrrole nitrogens is 1. The third kappa shape index (κ3) is 2.59. The summed E-state index contributed by atoms with van der Waals surface area (Å²) < 4.78 is 27.2. The Kier molecular flexibility index (Phi) is 3.77. The van der Waals surface area contributed by atoms with Crippen LogP contribution in [0.5, 0.6) is 0 Å². The number of sulfonamides is 1. The summed E-state index contributed by atoms with van der Waals surface area (Å²) in [4.78, 5) is 0.299. The Hall–Kier alpha value is -0.880. The molecular weight excluding hydrogens is 250 g/mol.